The van der Waals surface area contributed by atoms with Crippen molar-refractivity contribution in [1.82, 2.24) is 10.3 Å². The molecule has 1 aliphatic rings. The molecule has 0 unspecified atom stereocenters. The van der Waals surface area contributed by atoms with Gasteiger partial charge in [0, 0.05) is 29.3 Å². The molecule has 21 heavy (non-hydrogen) atoms. The second-order valence-corrected chi connectivity index (χ2v) is 6.06. The first-order valence-electron chi connectivity index (χ1n) is 7.89. The Labute approximate surface area is 125 Å². The number of hydrogen-bond acceptors (Lipinski definition) is 2. The molecule has 4 N–H and O–H groups in total. The van der Waals surface area contributed by atoms with E-state index in [1.54, 1.807) is 6.20 Å². The third-order valence-electron chi connectivity index (χ3n) is 4.51. The predicted octanol–water partition coefficient (Wildman–Crippen LogP) is 3.45. The Morgan fingerprint density at radius 1 is 1.29 bits per heavy atom. The summed E-state index contributed by atoms with van der Waals surface area (Å²) in [6.45, 7) is 0.762. The molecule has 0 aliphatic heterocycles. The minimum atomic E-state index is -0.0114. The Kier molecular flexibility index (Phi) is 4.13. The van der Waals surface area contributed by atoms with E-state index in [9.17, 15) is 4.79 Å². The molecular weight excluding hydrogens is 262 g/mol. The van der Waals surface area contributed by atoms with Gasteiger partial charge in [-0.05, 0) is 30.5 Å². The summed E-state index contributed by atoms with van der Waals surface area (Å²) in [5.74, 6) is 0.778. The molecule has 1 saturated carbocycles. The molecule has 0 saturated heterocycles. The highest BCUT2D eigenvalue weighted by Gasteiger charge is 2.15. The standard InChI is InChI=1S/C17H23N3O/c18-13-6-7-16-14(10-13)15(11-20-16)17(21)19-9-8-12-4-2-1-3-5-12/h6-7,10-12,20H,1-5,8-9,18H2,(H,19,21). The Balaban J connectivity index is 1.60. The van der Waals surface area contributed by atoms with Gasteiger partial charge in [0.25, 0.3) is 5.91 Å². The van der Waals surface area contributed by atoms with Crippen molar-refractivity contribution in [2.75, 3.05) is 12.3 Å². The van der Waals surface area contributed by atoms with Crippen molar-refractivity contribution in [3.05, 3.63) is 30.0 Å². The second-order valence-electron chi connectivity index (χ2n) is 6.06. The molecule has 112 valence electrons. The van der Waals surface area contributed by atoms with E-state index in [0.717, 1.165) is 29.8 Å². The number of nitrogens with one attached hydrogen (secondary N) is 2. The van der Waals surface area contributed by atoms with Crippen LogP contribution in [-0.2, 0) is 0 Å². The van der Waals surface area contributed by atoms with Gasteiger partial charge < -0.3 is 16.0 Å². The van der Waals surface area contributed by atoms with Gasteiger partial charge in [0.15, 0.2) is 0 Å². The van der Waals surface area contributed by atoms with Crippen LogP contribution in [0, 0.1) is 5.92 Å². The number of anilines is 1. The van der Waals surface area contributed by atoms with E-state index in [1.807, 2.05) is 18.2 Å². The lowest BCUT2D eigenvalue weighted by Crippen LogP contribution is -2.26. The fourth-order valence-corrected chi connectivity index (χ4v) is 3.29. The number of rotatable bonds is 4. The maximum absolute atomic E-state index is 12.3. The molecule has 1 fully saturated rings. The fraction of sp³-hybridized carbons (Fsp3) is 0.471. The van der Waals surface area contributed by atoms with Crippen LogP contribution >= 0.6 is 0 Å². The average Bonchev–Trinajstić information content (AvgIpc) is 2.91. The van der Waals surface area contributed by atoms with E-state index in [0.29, 0.717) is 11.3 Å². The number of H-pyrrole nitrogens is 1. The third-order valence-corrected chi connectivity index (χ3v) is 4.51. The summed E-state index contributed by atoms with van der Waals surface area (Å²) < 4.78 is 0. The second kappa shape index (κ2) is 6.20. The van der Waals surface area contributed by atoms with Crippen molar-refractivity contribution in [3.63, 3.8) is 0 Å². The number of aromatic nitrogens is 1. The highest BCUT2D eigenvalue weighted by Crippen LogP contribution is 2.26. The smallest absolute Gasteiger partial charge is 0.253 e. The molecule has 1 aromatic carbocycles. The first-order chi connectivity index (χ1) is 10.2. The summed E-state index contributed by atoms with van der Waals surface area (Å²) >= 11 is 0. The zero-order valence-corrected chi connectivity index (χ0v) is 12.3. The first kappa shape index (κ1) is 14.0. The van der Waals surface area contributed by atoms with Gasteiger partial charge in [0.2, 0.25) is 0 Å². The van der Waals surface area contributed by atoms with Crippen LogP contribution in [-0.4, -0.2) is 17.4 Å². The Bertz CT molecular complexity index is 626. The number of benzene rings is 1. The molecule has 1 aliphatic carbocycles. The highest BCUT2D eigenvalue weighted by atomic mass is 16.1. The van der Waals surface area contributed by atoms with E-state index in [4.69, 9.17) is 5.73 Å². The molecule has 4 nitrogen and oxygen atoms in total. The minimum absolute atomic E-state index is 0.0114. The molecule has 0 atom stereocenters. The van der Waals surface area contributed by atoms with Crippen molar-refractivity contribution < 1.29 is 4.79 Å². The van der Waals surface area contributed by atoms with E-state index in [-0.39, 0.29) is 5.91 Å². The quantitative estimate of drug-likeness (QED) is 0.753. The van der Waals surface area contributed by atoms with Crippen molar-refractivity contribution in [3.8, 4) is 0 Å². The van der Waals surface area contributed by atoms with Crippen molar-refractivity contribution in [2.45, 2.75) is 38.5 Å². The first-order valence-corrected chi connectivity index (χ1v) is 7.89. The van der Waals surface area contributed by atoms with Gasteiger partial charge in [-0.2, -0.15) is 0 Å². The molecule has 1 heterocycles. The number of hydrogen-bond donors (Lipinski definition) is 3. The van der Waals surface area contributed by atoms with E-state index >= 15 is 0 Å². The van der Waals surface area contributed by atoms with E-state index in [1.165, 1.54) is 32.1 Å². The lowest BCUT2D eigenvalue weighted by atomic mass is 9.87. The summed E-state index contributed by atoms with van der Waals surface area (Å²) in [4.78, 5) is 15.4. The minimum Gasteiger partial charge on any atom is -0.399 e. The maximum Gasteiger partial charge on any atom is 0.253 e. The summed E-state index contributed by atoms with van der Waals surface area (Å²) in [5.41, 5.74) is 8.11. The largest absolute Gasteiger partial charge is 0.399 e. The third kappa shape index (κ3) is 3.20. The average molecular weight is 285 g/mol. The number of carbonyl (C=O) groups excluding carboxylic acids is 1. The highest BCUT2D eigenvalue weighted by molar-refractivity contribution is 6.07. The number of aromatic amines is 1. The van der Waals surface area contributed by atoms with E-state index < -0.39 is 0 Å². The lowest BCUT2D eigenvalue weighted by Gasteiger charge is -2.21. The zero-order chi connectivity index (χ0) is 14.7. The number of amides is 1. The molecule has 0 radical (unpaired) electrons. The van der Waals surface area contributed by atoms with Gasteiger partial charge in [-0.1, -0.05) is 32.1 Å². The molecule has 3 rings (SSSR count). The van der Waals surface area contributed by atoms with Crippen molar-refractivity contribution in [1.29, 1.82) is 0 Å². The van der Waals surface area contributed by atoms with Crippen LogP contribution in [0.1, 0.15) is 48.9 Å². The van der Waals surface area contributed by atoms with E-state index in [2.05, 4.69) is 10.3 Å². The summed E-state index contributed by atoms with van der Waals surface area (Å²) in [7, 11) is 0. The van der Waals surface area contributed by atoms with Crippen LogP contribution in [0.3, 0.4) is 0 Å². The molecule has 0 bridgehead atoms. The topological polar surface area (TPSA) is 70.9 Å². The van der Waals surface area contributed by atoms with Gasteiger partial charge in [-0.3, -0.25) is 4.79 Å². The predicted molar refractivity (Wildman–Crippen MR) is 86.2 cm³/mol. The van der Waals surface area contributed by atoms with Gasteiger partial charge in [-0.15, -0.1) is 0 Å². The molecule has 2 aromatic rings. The number of carbonyl (C=O) groups is 1. The van der Waals surface area contributed by atoms with Crippen molar-refractivity contribution in [2.24, 2.45) is 5.92 Å². The summed E-state index contributed by atoms with van der Waals surface area (Å²) in [5, 5.41) is 3.94. The molecule has 4 heteroatoms. The summed E-state index contributed by atoms with van der Waals surface area (Å²) in [6, 6.07) is 5.59. The van der Waals surface area contributed by atoms with Crippen LogP contribution in [0.4, 0.5) is 5.69 Å². The van der Waals surface area contributed by atoms with Gasteiger partial charge in [-0.25, -0.2) is 0 Å². The number of nitrogens with two attached hydrogens (primary N) is 1. The monoisotopic (exact) mass is 285 g/mol. The van der Waals surface area contributed by atoms with Gasteiger partial charge in [0.05, 0.1) is 5.56 Å². The summed E-state index contributed by atoms with van der Waals surface area (Å²) in [6.07, 6.45) is 9.57. The fourth-order valence-electron chi connectivity index (χ4n) is 3.29. The molecule has 1 amide bonds. The van der Waals surface area contributed by atoms with Gasteiger partial charge >= 0.3 is 0 Å². The van der Waals surface area contributed by atoms with Crippen molar-refractivity contribution >= 4 is 22.5 Å². The molecule has 0 spiro atoms. The van der Waals surface area contributed by atoms with Crippen LogP contribution in [0.5, 0.6) is 0 Å². The zero-order valence-electron chi connectivity index (χ0n) is 12.3. The van der Waals surface area contributed by atoms with Gasteiger partial charge in [0.1, 0.15) is 0 Å². The Morgan fingerprint density at radius 2 is 2.10 bits per heavy atom. The number of nitrogen functional groups attached to an aromatic ring is 1. The van der Waals surface area contributed by atoms with Crippen LogP contribution in [0.15, 0.2) is 24.4 Å². The van der Waals surface area contributed by atoms with Crippen LogP contribution in [0.25, 0.3) is 10.9 Å². The SMILES string of the molecule is Nc1ccc2[nH]cc(C(=O)NCCC3CCCCC3)c2c1. The lowest BCUT2D eigenvalue weighted by molar-refractivity contribution is 0.0952. The van der Waals surface area contributed by atoms with Crippen LogP contribution < -0.4 is 11.1 Å². The number of fused-ring (bicyclic) bond motifs is 1. The maximum atomic E-state index is 12.3. The Hall–Kier alpha value is -1.97. The van der Waals surface area contributed by atoms with Crippen LogP contribution in [0.2, 0.25) is 0 Å². The molecule has 1 aromatic heterocycles. The molecular formula is C17H23N3O. The Morgan fingerprint density at radius 3 is 2.90 bits per heavy atom. The normalized spacial score (nSPS) is 16.2.